The van der Waals surface area contributed by atoms with E-state index in [1.165, 1.54) is 25.1 Å². The van der Waals surface area contributed by atoms with E-state index in [1.807, 2.05) is 4.72 Å². The van der Waals surface area contributed by atoms with E-state index in [4.69, 9.17) is 5.11 Å². The molecule has 2 rings (SSSR count). The molecule has 102 valence electrons. The Hall–Kier alpha value is -1.93. The number of amides is 1. The fourth-order valence-corrected chi connectivity index (χ4v) is 2.97. The number of carbonyl (C=O) groups is 2. The van der Waals surface area contributed by atoms with Crippen LogP contribution in [0.4, 0.5) is 5.69 Å². The van der Waals surface area contributed by atoms with Crippen LogP contribution >= 0.6 is 0 Å². The predicted octanol–water partition coefficient (Wildman–Crippen LogP) is -0.0674. The summed E-state index contributed by atoms with van der Waals surface area (Å²) in [5.74, 6) is -1.46. The molecule has 1 aliphatic heterocycles. The summed E-state index contributed by atoms with van der Waals surface area (Å²) in [5.41, 5.74) is 1.16. The van der Waals surface area contributed by atoms with Gasteiger partial charge >= 0.3 is 5.97 Å². The molecule has 3 N–H and O–H groups in total. The van der Waals surface area contributed by atoms with Crippen LogP contribution in [-0.4, -0.2) is 31.4 Å². The molecule has 0 saturated heterocycles. The second kappa shape index (κ2) is 4.63. The van der Waals surface area contributed by atoms with E-state index in [0.717, 1.165) is 0 Å². The molecule has 1 aromatic carbocycles. The summed E-state index contributed by atoms with van der Waals surface area (Å²) in [6.07, 6.45) is 0.118. The van der Waals surface area contributed by atoms with Crippen molar-refractivity contribution < 1.29 is 23.1 Å². The average molecular weight is 284 g/mol. The molecule has 0 fully saturated rings. The molecule has 1 amide bonds. The van der Waals surface area contributed by atoms with Gasteiger partial charge in [0.2, 0.25) is 15.9 Å². The first kappa shape index (κ1) is 13.5. The molecule has 7 nitrogen and oxygen atoms in total. The maximum absolute atomic E-state index is 11.9. The lowest BCUT2D eigenvalue weighted by molar-refractivity contribution is -0.138. The number of carboxylic acids is 1. The van der Waals surface area contributed by atoms with Crippen LogP contribution < -0.4 is 10.0 Å². The van der Waals surface area contributed by atoms with Crippen LogP contribution in [0, 0.1) is 0 Å². The topological polar surface area (TPSA) is 113 Å². The minimum absolute atomic E-state index is 0.0594. The van der Waals surface area contributed by atoms with Crippen LogP contribution in [0.2, 0.25) is 0 Å². The number of hydrogen-bond acceptors (Lipinski definition) is 4. The minimum Gasteiger partial charge on any atom is -0.480 e. The second-order valence-electron chi connectivity index (χ2n) is 4.23. The maximum atomic E-state index is 11.9. The van der Waals surface area contributed by atoms with Gasteiger partial charge in [-0.25, -0.2) is 8.42 Å². The van der Waals surface area contributed by atoms with Crippen molar-refractivity contribution in [3.05, 3.63) is 23.8 Å². The first-order valence-electron chi connectivity index (χ1n) is 5.47. The molecule has 0 spiro atoms. The number of sulfonamides is 1. The van der Waals surface area contributed by atoms with Gasteiger partial charge in [0.15, 0.2) is 0 Å². The van der Waals surface area contributed by atoms with Crippen molar-refractivity contribution in [2.45, 2.75) is 24.3 Å². The molecule has 0 saturated carbocycles. The van der Waals surface area contributed by atoms with Crippen molar-refractivity contribution in [1.29, 1.82) is 0 Å². The third-order valence-electron chi connectivity index (χ3n) is 2.71. The van der Waals surface area contributed by atoms with Crippen molar-refractivity contribution >= 4 is 27.6 Å². The number of rotatable bonds is 4. The molecule has 0 aromatic heterocycles. The van der Waals surface area contributed by atoms with E-state index < -0.39 is 22.0 Å². The number of benzene rings is 1. The molecule has 1 unspecified atom stereocenters. The minimum atomic E-state index is -3.91. The smallest absolute Gasteiger partial charge is 0.321 e. The molecule has 8 heteroatoms. The number of aliphatic carboxylic acids is 1. The molecule has 0 aliphatic carbocycles. The molecule has 0 radical (unpaired) electrons. The Balaban J connectivity index is 2.30. The van der Waals surface area contributed by atoms with Crippen LogP contribution in [0.1, 0.15) is 12.5 Å². The largest absolute Gasteiger partial charge is 0.480 e. The third kappa shape index (κ3) is 2.74. The highest BCUT2D eigenvalue weighted by molar-refractivity contribution is 7.89. The highest BCUT2D eigenvalue weighted by Gasteiger charge is 2.24. The number of carbonyl (C=O) groups excluding carboxylic acids is 1. The fraction of sp³-hybridized carbons (Fsp3) is 0.273. The van der Waals surface area contributed by atoms with Crippen molar-refractivity contribution in [3.63, 3.8) is 0 Å². The summed E-state index contributed by atoms with van der Waals surface area (Å²) in [5, 5.41) is 11.3. The Morgan fingerprint density at radius 3 is 2.79 bits per heavy atom. The zero-order chi connectivity index (χ0) is 14.2. The van der Waals surface area contributed by atoms with Crippen LogP contribution in [0.15, 0.2) is 23.1 Å². The van der Waals surface area contributed by atoms with Crippen LogP contribution in [0.5, 0.6) is 0 Å². The van der Waals surface area contributed by atoms with Gasteiger partial charge < -0.3 is 10.4 Å². The van der Waals surface area contributed by atoms with Crippen molar-refractivity contribution in [2.24, 2.45) is 0 Å². The Kier molecular flexibility index (Phi) is 3.29. The molecule has 1 aliphatic rings. The summed E-state index contributed by atoms with van der Waals surface area (Å²) >= 11 is 0. The molecule has 1 heterocycles. The van der Waals surface area contributed by atoms with Crippen LogP contribution in [0.25, 0.3) is 0 Å². The normalized spacial score (nSPS) is 15.7. The van der Waals surface area contributed by atoms with Crippen LogP contribution in [0.3, 0.4) is 0 Å². The first-order chi connectivity index (χ1) is 8.79. The number of nitrogens with one attached hydrogen (secondary N) is 2. The van der Waals surface area contributed by atoms with E-state index in [2.05, 4.69) is 5.32 Å². The zero-order valence-corrected chi connectivity index (χ0v) is 10.8. The Labute approximate surface area is 109 Å². The summed E-state index contributed by atoms with van der Waals surface area (Å²) in [6, 6.07) is 2.95. The van der Waals surface area contributed by atoms with Crippen molar-refractivity contribution in [2.75, 3.05) is 5.32 Å². The maximum Gasteiger partial charge on any atom is 0.321 e. The van der Waals surface area contributed by atoms with Crippen molar-refractivity contribution in [3.8, 4) is 0 Å². The Bertz CT molecular complexity index is 653. The number of fused-ring (bicyclic) bond motifs is 1. The molecular formula is C11H12N2O5S. The van der Waals surface area contributed by atoms with Crippen LogP contribution in [-0.2, 0) is 26.0 Å². The van der Waals surface area contributed by atoms with Gasteiger partial charge in [-0.1, -0.05) is 0 Å². The summed E-state index contributed by atoms with van der Waals surface area (Å²) in [6.45, 7) is 1.23. The lowest BCUT2D eigenvalue weighted by Gasteiger charge is -2.11. The standard InChI is InChI=1S/C11H12N2O5S/c1-6(11(15)16)13-19(17,18)8-2-3-9-7(4-8)5-10(14)12-9/h2-4,6,13H,5H2,1H3,(H,12,14)(H,15,16). The first-order valence-corrected chi connectivity index (χ1v) is 6.96. The number of hydrogen-bond donors (Lipinski definition) is 3. The Morgan fingerprint density at radius 2 is 2.16 bits per heavy atom. The predicted molar refractivity (Wildman–Crippen MR) is 66.2 cm³/mol. The molecule has 1 aromatic rings. The summed E-state index contributed by atoms with van der Waals surface area (Å²) in [4.78, 5) is 21.8. The lowest BCUT2D eigenvalue weighted by Crippen LogP contribution is -2.38. The summed E-state index contributed by atoms with van der Waals surface area (Å²) in [7, 11) is -3.91. The number of carboxylic acid groups (broad SMARTS) is 1. The highest BCUT2D eigenvalue weighted by Crippen LogP contribution is 2.25. The van der Waals surface area contributed by atoms with E-state index in [-0.39, 0.29) is 17.2 Å². The second-order valence-corrected chi connectivity index (χ2v) is 5.94. The van der Waals surface area contributed by atoms with Gasteiger partial charge in [0, 0.05) is 5.69 Å². The summed E-state index contributed by atoms with van der Waals surface area (Å²) < 4.78 is 25.9. The van der Waals surface area contributed by atoms with Gasteiger partial charge in [-0.05, 0) is 30.7 Å². The van der Waals surface area contributed by atoms with Gasteiger partial charge in [0.25, 0.3) is 0 Å². The SMILES string of the molecule is CC(NS(=O)(=O)c1ccc2c(c1)CC(=O)N2)C(=O)O. The van der Waals surface area contributed by atoms with E-state index >= 15 is 0 Å². The van der Waals surface area contributed by atoms with Crippen molar-refractivity contribution in [1.82, 2.24) is 4.72 Å². The molecule has 1 atom stereocenters. The third-order valence-corrected chi connectivity index (χ3v) is 4.25. The lowest BCUT2D eigenvalue weighted by atomic mass is 10.2. The highest BCUT2D eigenvalue weighted by atomic mass is 32.2. The van der Waals surface area contributed by atoms with Gasteiger partial charge in [-0.2, -0.15) is 4.72 Å². The molecule has 0 bridgehead atoms. The van der Waals surface area contributed by atoms with E-state index in [1.54, 1.807) is 0 Å². The fourth-order valence-electron chi connectivity index (χ4n) is 1.72. The van der Waals surface area contributed by atoms with E-state index in [9.17, 15) is 18.0 Å². The van der Waals surface area contributed by atoms with Gasteiger partial charge in [0.1, 0.15) is 6.04 Å². The Morgan fingerprint density at radius 1 is 1.47 bits per heavy atom. The molecular weight excluding hydrogens is 272 g/mol. The van der Waals surface area contributed by atoms with Gasteiger partial charge in [0.05, 0.1) is 11.3 Å². The van der Waals surface area contributed by atoms with Gasteiger partial charge in [-0.3, -0.25) is 9.59 Å². The van der Waals surface area contributed by atoms with Gasteiger partial charge in [-0.15, -0.1) is 0 Å². The average Bonchev–Trinajstić information content (AvgIpc) is 2.67. The molecule has 19 heavy (non-hydrogen) atoms. The zero-order valence-electron chi connectivity index (χ0n) is 10.0. The monoisotopic (exact) mass is 284 g/mol. The van der Waals surface area contributed by atoms with E-state index in [0.29, 0.717) is 11.3 Å². The number of anilines is 1. The quantitative estimate of drug-likeness (QED) is 0.716.